The molecule has 0 aromatic heterocycles. The number of phenolic OH excluding ortho intramolecular Hbond substituents is 1. The lowest BCUT2D eigenvalue weighted by atomic mass is 10.1. The third kappa shape index (κ3) is 4.29. The first-order chi connectivity index (χ1) is 12.6. The van der Waals surface area contributed by atoms with Gasteiger partial charge in [-0.1, -0.05) is 43.0 Å². The lowest BCUT2D eigenvalue weighted by Gasteiger charge is -2.12. The number of benzene rings is 2. The van der Waals surface area contributed by atoms with Gasteiger partial charge in [0.05, 0.1) is 4.91 Å². The molecule has 0 spiro atoms. The van der Waals surface area contributed by atoms with Gasteiger partial charge >= 0.3 is 0 Å². The highest BCUT2D eigenvalue weighted by molar-refractivity contribution is 8.05. The van der Waals surface area contributed by atoms with Crippen LogP contribution in [0, 0.1) is 0 Å². The highest BCUT2D eigenvalue weighted by Gasteiger charge is 2.27. The summed E-state index contributed by atoms with van der Waals surface area (Å²) >= 11 is 1.45. The Balaban J connectivity index is 1.71. The molecule has 1 heterocycles. The summed E-state index contributed by atoms with van der Waals surface area (Å²) in [5.41, 5.74) is 3.72. The van der Waals surface area contributed by atoms with Crippen molar-refractivity contribution in [1.29, 1.82) is 0 Å². The van der Waals surface area contributed by atoms with Crippen LogP contribution in [0.2, 0.25) is 0 Å². The largest absolute Gasteiger partial charge is 0.508 e. The van der Waals surface area contributed by atoms with Crippen molar-refractivity contribution < 1.29 is 9.90 Å². The van der Waals surface area contributed by atoms with Crippen LogP contribution in [0.15, 0.2) is 60.0 Å². The van der Waals surface area contributed by atoms with Crippen LogP contribution in [-0.4, -0.2) is 16.5 Å². The second kappa shape index (κ2) is 8.15. The quantitative estimate of drug-likeness (QED) is 0.527. The van der Waals surface area contributed by atoms with Gasteiger partial charge in [0.1, 0.15) is 5.75 Å². The second-order valence-electron chi connectivity index (χ2n) is 6.06. The molecule has 1 aliphatic rings. The molecule has 0 bridgehead atoms. The van der Waals surface area contributed by atoms with Crippen molar-refractivity contribution in [3.63, 3.8) is 0 Å². The lowest BCUT2D eigenvalue weighted by Crippen LogP contribution is -2.30. The van der Waals surface area contributed by atoms with Crippen molar-refractivity contribution in [2.75, 3.05) is 5.32 Å². The number of carbonyl (C=O) groups is 1. The fourth-order valence-corrected chi connectivity index (χ4v) is 3.70. The van der Waals surface area contributed by atoms with E-state index < -0.39 is 0 Å². The van der Waals surface area contributed by atoms with Gasteiger partial charge < -0.3 is 15.7 Å². The van der Waals surface area contributed by atoms with Crippen LogP contribution < -0.4 is 10.6 Å². The molecule has 1 aliphatic heterocycles. The number of aryl methyl sites for hydroxylation is 1. The zero-order valence-corrected chi connectivity index (χ0v) is 15.5. The molecule has 1 saturated heterocycles. The maximum atomic E-state index is 12.3. The molecule has 5 heteroatoms. The Kier molecular flexibility index (Phi) is 5.68. The highest BCUT2D eigenvalue weighted by Crippen LogP contribution is 2.31. The van der Waals surface area contributed by atoms with Crippen molar-refractivity contribution in [2.24, 2.45) is 0 Å². The fraction of sp³-hybridized carbons (Fsp3) is 0.190. The molecular formula is C21H22N2O2S. The summed E-state index contributed by atoms with van der Waals surface area (Å²) in [6, 6.07) is 13.5. The molecule has 2 aromatic rings. The van der Waals surface area contributed by atoms with Gasteiger partial charge in [-0.25, -0.2) is 0 Å². The maximum Gasteiger partial charge on any atom is 0.260 e. The van der Waals surface area contributed by atoms with E-state index in [9.17, 15) is 9.90 Å². The third-order valence-corrected chi connectivity index (χ3v) is 5.18. The second-order valence-corrected chi connectivity index (χ2v) is 7.20. The molecule has 1 atom stereocenters. The average Bonchev–Trinajstić information content (AvgIpc) is 2.98. The Bertz CT molecular complexity index is 844. The van der Waals surface area contributed by atoms with Crippen LogP contribution in [0.25, 0.3) is 6.08 Å². The van der Waals surface area contributed by atoms with E-state index in [-0.39, 0.29) is 17.2 Å². The number of anilines is 1. The number of hydrogen-bond donors (Lipinski definition) is 3. The lowest BCUT2D eigenvalue weighted by molar-refractivity contribution is -0.116. The summed E-state index contributed by atoms with van der Waals surface area (Å²) in [6.45, 7) is 5.82. The zero-order chi connectivity index (χ0) is 18.5. The van der Waals surface area contributed by atoms with Crippen LogP contribution in [0.5, 0.6) is 5.75 Å². The van der Waals surface area contributed by atoms with Gasteiger partial charge in [0, 0.05) is 5.69 Å². The van der Waals surface area contributed by atoms with Crippen LogP contribution in [-0.2, 0) is 17.6 Å². The number of phenols is 1. The van der Waals surface area contributed by atoms with E-state index in [4.69, 9.17) is 0 Å². The molecule has 0 unspecified atom stereocenters. The van der Waals surface area contributed by atoms with Gasteiger partial charge in [-0.2, -0.15) is 0 Å². The molecule has 0 saturated carbocycles. The predicted molar refractivity (Wildman–Crippen MR) is 109 cm³/mol. The first-order valence-corrected chi connectivity index (χ1v) is 9.44. The molecule has 26 heavy (non-hydrogen) atoms. The third-order valence-electron chi connectivity index (χ3n) is 4.16. The Morgan fingerprint density at radius 3 is 2.73 bits per heavy atom. The number of aromatic hydroxyl groups is 1. The predicted octanol–water partition coefficient (Wildman–Crippen LogP) is 4.28. The number of nitrogens with one attached hydrogen (secondary N) is 2. The Morgan fingerprint density at radius 1 is 1.27 bits per heavy atom. The van der Waals surface area contributed by atoms with E-state index in [1.165, 1.54) is 17.3 Å². The summed E-state index contributed by atoms with van der Waals surface area (Å²) in [5, 5.41) is 16.1. The summed E-state index contributed by atoms with van der Waals surface area (Å²) in [5.74, 6) is 0.140. The van der Waals surface area contributed by atoms with E-state index in [1.807, 2.05) is 24.3 Å². The number of carbonyl (C=O) groups excluding carboxylic acids is 1. The Morgan fingerprint density at radius 2 is 2.04 bits per heavy atom. The van der Waals surface area contributed by atoms with Crippen molar-refractivity contribution in [1.82, 2.24) is 5.32 Å². The first-order valence-electron chi connectivity index (χ1n) is 8.56. The highest BCUT2D eigenvalue weighted by atomic mass is 32.2. The maximum absolute atomic E-state index is 12.3. The fourth-order valence-electron chi connectivity index (χ4n) is 2.72. The minimum atomic E-state index is -0.203. The molecule has 0 aliphatic carbocycles. The first kappa shape index (κ1) is 18.1. The van der Waals surface area contributed by atoms with Crippen molar-refractivity contribution in [2.45, 2.75) is 25.3 Å². The monoisotopic (exact) mass is 366 g/mol. The van der Waals surface area contributed by atoms with Crippen LogP contribution in [0.1, 0.15) is 23.6 Å². The van der Waals surface area contributed by atoms with Crippen LogP contribution >= 0.6 is 11.8 Å². The number of allylic oxidation sites excluding steroid dienone is 1. The Hall–Kier alpha value is -2.66. The van der Waals surface area contributed by atoms with Gasteiger partial charge in [0.25, 0.3) is 5.91 Å². The molecular weight excluding hydrogens is 344 g/mol. The topological polar surface area (TPSA) is 61.4 Å². The number of thioether (sulfide) groups is 1. The van der Waals surface area contributed by atoms with E-state index in [0.29, 0.717) is 11.3 Å². The number of rotatable bonds is 6. The van der Waals surface area contributed by atoms with E-state index >= 15 is 0 Å². The summed E-state index contributed by atoms with van der Waals surface area (Å²) < 4.78 is 0. The molecule has 0 radical (unpaired) electrons. The molecule has 1 amide bonds. The van der Waals surface area contributed by atoms with Crippen LogP contribution in [0.3, 0.4) is 0 Å². The summed E-state index contributed by atoms with van der Waals surface area (Å²) in [6.07, 6.45) is 5.17. The van der Waals surface area contributed by atoms with E-state index in [1.54, 1.807) is 18.2 Å². The molecule has 4 nitrogen and oxygen atoms in total. The molecule has 2 aromatic carbocycles. The molecule has 1 fully saturated rings. The van der Waals surface area contributed by atoms with Gasteiger partial charge in [-0.05, 0) is 59.9 Å². The minimum Gasteiger partial charge on any atom is -0.508 e. The van der Waals surface area contributed by atoms with Gasteiger partial charge in [-0.3, -0.25) is 4.79 Å². The summed E-state index contributed by atoms with van der Waals surface area (Å²) in [7, 11) is 0. The van der Waals surface area contributed by atoms with Crippen LogP contribution in [0.4, 0.5) is 5.69 Å². The average molecular weight is 366 g/mol. The van der Waals surface area contributed by atoms with E-state index in [2.05, 4.69) is 36.3 Å². The molecule has 134 valence electrons. The summed E-state index contributed by atoms with van der Waals surface area (Å²) in [4.78, 5) is 12.9. The smallest absolute Gasteiger partial charge is 0.260 e. The zero-order valence-electron chi connectivity index (χ0n) is 14.7. The van der Waals surface area contributed by atoms with Crippen molar-refractivity contribution in [3.8, 4) is 5.75 Å². The normalized spacial score (nSPS) is 18.0. The van der Waals surface area contributed by atoms with Gasteiger partial charge in [-0.15, -0.1) is 6.58 Å². The van der Waals surface area contributed by atoms with Crippen molar-refractivity contribution in [3.05, 3.63) is 76.7 Å². The number of hydrogen-bond acceptors (Lipinski definition) is 4. The molecule has 3 N–H and O–H groups in total. The van der Waals surface area contributed by atoms with E-state index in [0.717, 1.165) is 23.2 Å². The Labute approximate surface area is 158 Å². The minimum absolute atomic E-state index is 0.101. The molecule has 3 rings (SSSR count). The standard InChI is InChI=1S/C21H22N2O2S/c1-3-5-16-12-15(8-11-18(16)24)13-19-20(25)23-21(26-19)22-17-9-6-14(4-2)7-10-17/h3,6-13,21-22,24H,1,4-5H2,2H3,(H,23,25)/b19-13-/t21-/m0/s1. The number of amides is 1. The SMILES string of the molecule is C=CCc1cc(/C=C2\S[C@@H](Nc3ccc(CC)cc3)NC2=O)ccc1O. The van der Waals surface area contributed by atoms with Crippen molar-refractivity contribution >= 4 is 29.4 Å². The van der Waals surface area contributed by atoms with Gasteiger partial charge in [0.15, 0.2) is 5.50 Å². The van der Waals surface area contributed by atoms with Gasteiger partial charge in [0.2, 0.25) is 0 Å².